The van der Waals surface area contributed by atoms with Gasteiger partial charge < -0.3 is 9.64 Å². The van der Waals surface area contributed by atoms with Gasteiger partial charge in [-0.3, -0.25) is 9.69 Å². The average molecular weight is 579 g/mol. The summed E-state index contributed by atoms with van der Waals surface area (Å²) < 4.78 is 48.8. The Morgan fingerprint density at radius 1 is 1.18 bits per heavy atom. The number of nitrogens with zero attached hydrogens (tertiary/aromatic N) is 8. The summed E-state index contributed by atoms with van der Waals surface area (Å²) in [5.74, 6) is 0.00713. The molecule has 2 saturated heterocycles. The summed E-state index contributed by atoms with van der Waals surface area (Å²) in [6, 6.07) is 4.39. The lowest BCUT2D eigenvalue weighted by molar-refractivity contribution is -0.139. The van der Waals surface area contributed by atoms with Crippen LogP contribution < -0.4 is 4.74 Å². The van der Waals surface area contributed by atoms with Crippen LogP contribution in [0.1, 0.15) is 43.4 Å². The molecule has 5 rings (SSSR count). The van der Waals surface area contributed by atoms with Crippen LogP contribution in [-0.2, 0) is 18.0 Å². The molecule has 0 aliphatic carbocycles. The van der Waals surface area contributed by atoms with Gasteiger partial charge in [-0.15, -0.1) is 17.5 Å². The number of likely N-dealkylation sites (tertiary alicyclic amines) is 2. The Bertz CT molecular complexity index is 1390. The van der Waals surface area contributed by atoms with Crippen LogP contribution in [0, 0.1) is 17.2 Å². The van der Waals surface area contributed by atoms with Crippen molar-refractivity contribution in [3.05, 3.63) is 29.6 Å². The number of nitriles is 1. The number of piperidine rings is 1. The molecule has 0 bridgehead atoms. The number of carbonyl (C=O) groups is 1. The Morgan fingerprint density at radius 3 is 2.58 bits per heavy atom. The second-order valence-corrected chi connectivity index (χ2v) is 10.1. The van der Waals surface area contributed by atoms with Gasteiger partial charge in [-0.1, -0.05) is 5.21 Å². The van der Waals surface area contributed by atoms with Crippen LogP contribution >= 0.6 is 12.4 Å². The van der Waals surface area contributed by atoms with Crippen LogP contribution in [0.3, 0.4) is 0 Å². The molecule has 0 radical (unpaired) electrons. The van der Waals surface area contributed by atoms with E-state index in [2.05, 4.69) is 25.2 Å². The first-order valence-electron chi connectivity index (χ1n) is 13.0. The number of aryl methyl sites for hydroxylation is 1. The third kappa shape index (κ3) is 6.45. The van der Waals surface area contributed by atoms with Crippen molar-refractivity contribution in [2.75, 3.05) is 39.3 Å². The van der Waals surface area contributed by atoms with Gasteiger partial charge in [0.25, 0.3) is 0 Å². The van der Waals surface area contributed by atoms with E-state index in [1.807, 2.05) is 11.0 Å². The summed E-state index contributed by atoms with van der Waals surface area (Å²) >= 11 is 0. The molecule has 2 fully saturated rings. The molecule has 0 spiro atoms. The van der Waals surface area contributed by atoms with Crippen LogP contribution in [0.2, 0.25) is 0 Å². The first kappa shape index (κ1) is 29.5. The zero-order valence-corrected chi connectivity index (χ0v) is 22.8. The summed E-state index contributed by atoms with van der Waals surface area (Å²) in [6.45, 7) is 3.81. The summed E-state index contributed by atoms with van der Waals surface area (Å²) in [4.78, 5) is 24.6. The van der Waals surface area contributed by atoms with Crippen molar-refractivity contribution in [2.45, 2.75) is 38.3 Å². The molecule has 0 aromatic carbocycles. The SMILES string of the molecule is Cl.Cn1nnc2c(C#N)nc(-c3cnc(OCCC4CCN(CC(=O)N5CCCC5)CC4)c(C(F)(F)F)c3)cc21. The maximum absolute atomic E-state index is 13.9. The Morgan fingerprint density at radius 2 is 1.90 bits per heavy atom. The summed E-state index contributed by atoms with van der Waals surface area (Å²) in [6.07, 6.45) is 1.05. The molecule has 40 heavy (non-hydrogen) atoms. The normalized spacial score (nSPS) is 16.6. The average Bonchev–Trinajstić information content (AvgIpc) is 3.59. The van der Waals surface area contributed by atoms with Crippen molar-refractivity contribution < 1.29 is 22.7 Å². The minimum absolute atomic E-state index is 0. The monoisotopic (exact) mass is 578 g/mol. The molecule has 0 atom stereocenters. The van der Waals surface area contributed by atoms with Crippen LogP contribution in [-0.4, -0.2) is 80.0 Å². The quantitative estimate of drug-likeness (QED) is 0.416. The van der Waals surface area contributed by atoms with Crippen LogP contribution in [0.4, 0.5) is 13.2 Å². The molecule has 214 valence electrons. The van der Waals surface area contributed by atoms with Crippen molar-refractivity contribution in [3.8, 4) is 23.2 Å². The smallest absolute Gasteiger partial charge is 0.421 e. The summed E-state index contributed by atoms with van der Waals surface area (Å²) in [5, 5.41) is 17.2. The topological polar surface area (TPSA) is 113 Å². The van der Waals surface area contributed by atoms with Gasteiger partial charge in [0, 0.05) is 31.9 Å². The summed E-state index contributed by atoms with van der Waals surface area (Å²) in [5.41, 5.74) is -0.0301. The van der Waals surface area contributed by atoms with Crippen molar-refractivity contribution in [1.29, 1.82) is 5.26 Å². The molecule has 14 heteroatoms. The highest BCUT2D eigenvalue weighted by molar-refractivity contribution is 5.85. The highest BCUT2D eigenvalue weighted by Crippen LogP contribution is 2.38. The molecule has 3 aromatic rings. The van der Waals surface area contributed by atoms with E-state index in [-0.39, 0.29) is 47.4 Å². The molecule has 1 amide bonds. The number of pyridine rings is 2. The molecule has 5 heterocycles. The zero-order valence-electron chi connectivity index (χ0n) is 22.0. The fourth-order valence-corrected chi connectivity index (χ4v) is 5.18. The van der Waals surface area contributed by atoms with Gasteiger partial charge in [-0.2, -0.15) is 18.4 Å². The number of carbonyl (C=O) groups excluding carboxylic acids is 1. The third-order valence-electron chi connectivity index (χ3n) is 7.45. The highest BCUT2D eigenvalue weighted by Gasteiger charge is 2.36. The number of aromatic nitrogens is 5. The van der Waals surface area contributed by atoms with Gasteiger partial charge >= 0.3 is 6.18 Å². The molecule has 0 unspecified atom stereocenters. The van der Waals surface area contributed by atoms with Crippen molar-refractivity contribution in [3.63, 3.8) is 0 Å². The number of fused-ring (bicyclic) bond motifs is 1. The number of amides is 1. The molecule has 2 aliphatic heterocycles. The number of rotatable bonds is 7. The second-order valence-electron chi connectivity index (χ2n) is 10.1. The Hall–Kier alpha value is -3.50. The van der Waals surface area contributed by atoms with Crippen molar-refractivity contribution in [1.82, 2.24) is 34.8 Å². The van der Waals surface area contributed by atoms with Crippen LogP contribution in [0.25, 0.3) is 22.3 Å². The molecule has 2 aliphatic rings. The fraction of sp³-hybridized carbons (Fsp3) is 0.538. The number of ether oxygens (including phenoxy) is 1. The molecule has 10 nitrogen and oxygen atoms in total. The first-order chi connectivity index (χ1) is 18.7. The van der Waals surface area contributed by atoms with Crippen LogP contribution in [0.15, 0.2) is 18.3 Å². The van der Waals surface area contributed by atoms with Gasteiger partial charge in [0.2, 0.25) is 11.8 Å². The van der Waals surface area contributed by atoms with E-state index in [0.29, 0.717) is 24.4 Å². The number of halogens is 4. The largest absolute Gasteiger partial charge is 0.477 e. The van der Waals surface area contributed by atoms with E-state index in [1.54, 1.807) is 7.05 Å². The van der Waals surface area contributed by atoms with Crippen molar-refractivity contribution >= 4 is 29.3 Å². The van der Waals surface area contributed by atoms with E-state index in [0.717, 1.165) is 57.9 Å². The minimum Gasteiger partial charge on any atom is -0.477 e. The van der Waals surface area contributed by atoms with E-state index in [9.17, 15) is 23.2 Å². The number of hydrogen-bond acceptors (Lipinski definition) is 8. The molecular weight excluding hydrogens is 549 g/mol. The molecule has 0 saturated carbocycles. The first-order valence-corrected chi connectivity index (χ1v) is 13.0. The standard InChI is InChI=1S/C26H29F3N8O2.ClH/c1-35-22-13-20(32-21(14-30)24(22)33-34-35)18-12-19(26(27,28)29)25(31-15-18)39-11-6-17-4-9-36(10-5-17)16-23(38)37-7-2-3-8-37;/h12-13,15,17H,2-11,16H2,1H3;1H. The Balaban J connectivity index is 0.00000370. The van der Waals surface area contributed by atoms with E-state index >= 15 is 0 Å². The predicted octanol–water partition coefficient (Wildman–Crippen LogP) is 3.84. The lowest BCUT2D eigenvalue weighted by atomic mass is 9.94. The zero-order chi connectivity index (χ0) is 27.6. The lowest BCUT2D eigenvalue weighted by Crippen LogP contribution is -2.42. The maximum Gasteiger partial charge on any atom is 0.421 e. The Labute approximate surface area is 235 Å². The summed E-state index contributed by atoms with van der Waals surface area (Å²) in [7, 11) is 1.62. The predicted molar refractivity (Wildman–Crippen MR) is 142 cm³/mol. The molecule has 0 N–H and O–H groups in total. The van der Waals surface area contributed by atoms with Gasteiger partial charge in [0.15, 0.2) is 5.69 Å². The van der Waals surface area contributed by atoms with Gasteiger partial charge in [0.1, 0.15) is 17.1 Å². The van der Waals surface area contributed by atoms with Gasteiger partial charge in [-0.05, 0) is 63.2 Å². The van der Waals surface area contributed by atoms with E-state index in [4.69, 9.17) is 4.74 Å². The van der Waals surface area contributed by atoms with Crippen molar-refractivity contribution in [2.24, 2.45) is 13.0 Å². The number of hydrogen-bond donors (Lipinski definition) is 0. The Kier molecular flexibility index (Phi) is 9.10. The molecular formula is C26H30ClF3N8O2. The fourth-order valence-electron chi connectivity index (χ4n) is 5.18. The highest BCUT2D eigenvalue weighted by atomic mass is 35.5. The molecule has 3 aromatic heterocycles. The third-order valence-corrected chi connectivity index (χ3v) is 7.45. The van der Waals surface area contributed by atoms with Gasteiger partial charge in [0.05, 0.1) is 24.4 Å². The minimum atomic E-state index is -4.69. The maximum atomic E-state index is 13.9. The van der Waals surface area contributed by atoms with Gasteiger partial charge in [-0.25, -0.2) is 14.6 Å². The lowest BCUT2D eigenvalue weighted by Gasteiger charge is -2.32. The second kappa shape index (κ2) is 12.3. The van der Waals surface area contributed by atoms with E-state index in [1.165, 1.54) is 16.9 Å². The number of alkyl halides is 3. The van der Waals surface area contributed by atoms with Crippen LogP contribution in [0.5, 0.6) is 5.88 Å². The van der Waals surface area contributed by atoms with E-state index < -0.39 is 17.6 Å².